The summed E-state index contributed by atoms with van der Waals surface area (Å²) in [7, 11) is 3.96. The molecular formula is C18H19BrClN3OS. The van der Waals surface area contributed by atoms with Crippen LogP contribution in [0.2, 0.25) is 5.02 Å². The van der Waals surface area contributed by atoms with Gasteiger partial charge in [0.05, 0.1) is 17.7 Å². The molecule has 2 aromatic rings. The van der Waals surface area contributed by atoms with Crippen LogP contribution in [0, 0.1) is 0 Å². The van der Waals surface area contributed by atoms with E-state index in [2.05, 4.69) is 26.5 Å². The van der Waals surface area contributed by atoms with Crippen LogP contribution in [0.15, 0.2) is 52.0 Å². The van der Waals surface area contributed by atoms with Crippen molar-refractivity contribution in [3.8, 4) is 0 Å². The molecule has 2 aromatic carbocycles. The Morgan fingerprint density at radius 1 is 1.32 bits per heavy atom. The van der Waals surface area contributed by atoms with E-state index < -0.39 is 0 Å². The number of amides is 1. The monoisotopic (exact) mass is 439 g/mol. The molecule has 0 saturated carbocycles. The number of hydrogen-bond acceptors (Lipinski definition) is 4. The van der Waals surface area contributed by atoms with Crippen molar-refractivity contribution in [3.05, 3.63) is 63.1 Å². The summed E-state index contributed by atoms with van der Waals surface area (Å²) in [6.07, 6.45) is 1.63. The Bertz CT molecular complexity index is 768. The van der Waals surface area contributed by atoms with Crippen LogP contribution in [-0.2, 0) is 10.5 Å². The van der Waals surface area contributed by atoms with Crippen molar-refractivity contribution in [1.82, 2.24) is 5.43 Å². The average Bonchev–Trinajstić information content (AvgIpc) is 2.54. The van der Waals surface area contributed by atoms with Gasteiger partial charge >= 0.3 is 0 Å². The van der Waals surface area contributed by atoms with E-state index in [1.54, 1.807) is 6.21 Å². The molecule has 0 spiro atoms. The maximum Gasteiger partial charge on any atom is 0.250 e. The molecule has 0 radical (unpaired) electrons. The molecular weight excluding hydrogens is 422 g/mol. The average molecular weight is 441 g/mol. The van der Waals surface area contributed by atoms with Crippen LogP contribution in [-0.4, -0.2) is 32.0 Å². The molecule has 1 amide bonds. The Kier molecular flexibility index (Phi) is 7.81. The predicted octanol–water partition coefficient (Wildman–Crippen LogP) is 4.55. The number of nitrogens with one attached hydrogen (secondary N) is 1. The summed E-state index contributed by atoms with van der Waals surface area (Å²) in [5.41, 5.74) is 5.63. The minimum atomic E-state index is -0.132. The van der Waals surface area contributed by atoms with Crippen LogP contribution in [0.5, 0.6) is 0 Å². The number of hydrazone groups is 1. The standard InChI is InChI=1S/C18H19BrClN3OS/c1-23(2)17-7-6-13(9-16(17)19)10-21-22-18(24)12-25-11-14-4-3-5-15(20)8-14/h3-10H,11-12H2,1-2H3,(H,22,24)/b21-10+. The van der Waals surface area contributed by atoms with Gasteiger partial charge in [-0.15, -0.1) is 11.8 Å². The van der Waals surface area contributed by atoms with Crippen LogP contribution in [0.25, 0.3) is 0 Å². The molecule has 2 rings (SSSR count). The number of anilines is 1. The molecule has 0 bridgehead atoms. The van der Waals surface area contributed by atoms with Gasteiger partial charge in [-0.25, -0.2) is 5.43 Å². The van der Waals surface area contributed by atoms with Crippen molar-refractivity contribution in [2.24, 2.45) is 5.10 Å². The molecule has 132 valence electrons. The normalized spacial score (nSPS) is 10.9. The van der Waals surface area contributed by atoms with Gasteiger partial charge in [-0.3, -0.25) is 4.79 Å². The zero-order valence-corrected chi connectivity index (χ0v) is 17.2. The summed E-state index contributed by atoms with van der Waals surface area (Å²) in [6, 6.07) is 13.5. The lowest BCUT2D eigenvalue weighted by Gasteiger charge is -2.14. The fraction of sp³-hybridized carbons (Fsp3) is 0.222. The van der Waals surface area contributed by atoms with E-state index in [4.69, 9.17) is 11.6 Å². The lowest BCUT2D eigenvalue weighted by molar-refractivity contribution is -0.118. The van der Waals surface area contributed by atoms with Crippen LogP contribution in [0.1, 0.15) is 11.1 Å². The van der Waals surface area contributed by atoms with Crippen molar-refractivity contribution in [3.63, 3.8) is 0 Å². The van der Waals surface area contributed by atoms with Gasteiger partial charge in [0.25, 0.3) is 0 Å². The molecule has 0 fully saturated rings. The second kappa shape index (κ2) is 9.85. The molecule has 0 saturated heterocycles. The second-order valence-electron chi connectivity index (χ2n) is 5.52. The Balaban J connectivity index is 1.77. The Labute approximate surface area is 165 Å². The summed E-state index contributed by atoms with van der Waals surface area (Å²) >= 11 is 11.0. The van der Waals surface area contributed by atoms with Gasteiger partial charge in [-0.1, -0.05) is 29.8 Å². The first-order chi connectivity index (χ1) is 12.0. The van der Waals surface area contributed by atoms with E-state index in [0.29, 0.717) is 10.8 Å². The van der Waals surface area contributed by atoms with Crippen molar-refractivity contribution in [2.45, 2.75) is 5.75 Å². The zero-order valence-electron chi connectivity index (χ0n) is 14.0. The van der Waals surface area contributed by atoms with Crippen molar-refractivity contribution in [1.29, 1.82) is 0 Å². The van der Waals surface area contributed by atoms with E-state index in [0.717, 1.165) is 27.0 Å². The SMILES string of the molecule is CN(C)c1ccc(/C=N/NC(=O)CSCc2cccc(Cl)c2)cc1Br. The van der Waals surface area contributed by atoms with E-state index in [9.17, 15) is 4.79 Å². The first kappa shape index (κ1) is 19.8. The highest BCUT2D eigenvalue weighted by Crippen LogP contribution is 2.25. The number of halogens is 2. The summed E-state index contributed by atoms with van der Waals surface area (Å²) in [5.74, 6) is 0.941. The number of carbonyl (C=O) groups is 1. The molecule has 0 heterocycles. The minimum absolute atomic E-state index is 0.132. The molecule has 0 aliphatic rings. The molecule has 1 N–H and O–H groups in total. The van der Waals surface area contributed by atoms with Gasteiger partial charge in [-0.2, -0.15) is 5.10 Å². The number of benzene rings is 2. The number of rotatable bonds is 7. The van der Waals surface area contributed by atoms with Gasteiger partial charge in [0, 0.05) is 29.3 Å². The number of hydrogen-bond donors (Lipinski definition) is 1. The number of carbonyl (C=O) groups excluding carboxylic acids is 1. The first-order valence-electron chi connectivity index (χ1n) is 7.56. The van der Waals surface area contributed by atoms with Gasteiger partial charge in [0.2, 0.25) is 5.91 Å². The smallest absolute Gasteiger partial charge is 0.250 e. The number of nitrogens with zero attached hydrogens (tertiary/aromatic N) is 2. The molecule has 0 aromatic heterocycles. The highest BCUT2D eigenvalue weighted by Gasteiger charge is 2.03. The largest absolute Gasteiger partial charge is 0.377 e. The van der Waals surface area contributed by atoms with Gasteiger partial charge in [0.1, 0.15) is 0 Å². The Morgan fingerprint density at radius 3 is 2.80 bits per heavy atom. The van der Waals surface area contributed by atoms with E-state index in [-0.39, 0.29) is 5.91 Å². The highest BCUT2D eigenvalue weighted by molar-refractivity contribution is 9.10. The Hall–Kier alpha value is -1.50. The second-order valence-corrected chi connectivity index (χ2v) is 7.80. The molecule has 0 unspecified atom stereocenters. The maximum absolute atomic E-state index is 11.8. The number of thioether (sulfide) groups is 1. The predicted molar refractivity (Wildman–Crippen MR) is 112 cm³/mol. The molecule has 25 heavy (non-hydrogen) atoms. The molecule has 7 heteroatoms. The quantitative estimate of drug-likeness (QED) is 0.507. The molecule has 0 aliphatic carbocycles. The van der Waals surface area contributed by atoms with Crippen LogP contribution in [0.3, 0.4) is 0 Å². The summed E-state index contributed by atoms with van der Waals surface area (Å²) in [4.78, 5) is 13.8. The summed E-state index contributed by atoms with van der Waals surface area (Å²) < 4.78 is 0.977. The zero-order chi connectivity index (χ0) is 18.2. The van der Waals surface area contributed by atoms with Crippen molar-refractivity contribution >= 4 is 57.1 Å². The van der Waals surface area contributed by atoms with E-state index in [1.807, 2.05) is 61.5 Å². The fourth-order valence-electron chi connectivity index (χ4n) is 2.07. The van der Waals surface area contributed by atoms with E-state index in [1.165, 1.54) is 11.8 Å². The van der Waals surface area contributed by atoms with E-state index >= 15 is 0 Å². The highest BCUT2D eigenvalue weighted by atomic mass is 79.9. The van der Waals surface area contributed by atoms with Crippen LogP contribution >= 0.6 is 39.3 Å². The van der Waals surface area contributed by atoms with Gasteiger partial charge in [0.15, 0.2) is 0 Å². The van der Waals surface area contributed by atoms with Gasteiger partial charge in [-0.05, 0) is 51.3 Å². The maximum atomic E-state index is 11.8. The molecule has 0 atom stereocenters. The third-order valence-electron chi connectivity index (χ3n) is 3.25. The van der Waals surface area contributed by atoms with Crippen LogP contribution in [0.4, 0.5) is 5.69 Å². The molecule has 4 nitrogen and oxygen atoms in total. The third kappa shape index (κ3) is 6.72. The lowest BCUT2D eigenvalue weighted by Crippen LogP contribution is -2.19. The molecule has 0 aliphatic heterocycles. The fourth-order valence-corrected chi connectivity index (χ4v) is 3.80. The topological polar surface area (TPSA) is 44.7 Å². The first-order valence-corrected chi connectivity index (χ1v) is 9.89. The minimum Gasteiger partial charge on any atom is -0.377 e. The van der Waals surface area contributed by atoms with Crippen LogP contribution < -0.4 is 10.3 Å². The summed E-state index contributed by atoms with van der Waals surface area (Å²) in [5, 5.41) is 4.71. The lowest BCUT2D eigenvalue weighted by atomic mass is 10.2. The van der Waals surface area contributed by atoms with Gasteiger partial charge < -0.3 is 4.90 Å². The Morgan fingerprint density at radius 2 is 2.12 bits per heavy atom. The summed E-state index contributed by atoms with van der Waals surface area (Å²) in [6.45, 7) is 0. The van der Waals surface area contributed by atoms with Crippen molar-refractivity contribution < 1.29 is 4.79 Å². The van der Waals surface area contributed by atoms with Crippen molar-refractivity contribution in [2.75, 3.05) is 24.7 Å². The third-order valence-corrected chi connectivity index (χ3v) is 5.12.